The van der Waals surface area contributed by atoms with Gasteiger partial charge in [-0.05, 0) is 104 Å². The second-order valence-electron chi connectivity index (χ2n) is 13.6. The van der Waals surface area contributed by atoms with Gasteiger partial charge >= 0.3 is 6.03 Å². The molecule has 3 amide bonds. The van der Waals surface area contributed by atoms with Crippen molar-refractivity contribution in [1.82, 2.24) is 19.3 Å². The first kappa shape index (κ1) is 39.7. The van der Waals surface area contributed by atoms with Crippen LogP contribution in [0.2, 0.25) is 0 Å². The number of likely N-dealkylation sites (N-methyl/N-ethyl adjacent to an activating group) is 2. The molecule has 0 unspecified atom stereocenters. The van der Waals surface area contributed by atoms with Crippen molar-refractivity contribution >= 4 is 33.3 Å². The third-order valence-electron chi connectivity index (χ3n) is 8.91. The highest BCUT2D eigenvalue weighted by molar-refractivity contribution is 7.89. The number of aromatic nitrogens is 1. The fourth-order valence-corrected chi connectivity index (χ4v) is 7.25. The number of amides is 3. The minimum absolute atomic E-state index is 0.0215. The van der Waals surface area contributed by atoms with E-state index in [1.54, 1.807) is 36.9 Å². The van der Waals surface area contributed by atoms with Crippen molar-refractivity contribution in [3.05, 3.63) is 65.3 Å². The Morgan fingerprint density at radius 3 is 2.43 bits per heavy atom. The third-order valence-corrected chi connectivity index (χ3v) is 10.7. The van der Waals surface area contributed by atoms with Crippen LogP contribution in [0, 0.1) is 25.6 Å². The van der Waals surface area contributed by atoms with Crippen molar-refractivity contribution < 1.29 is 36.4 Å². The van der Waals surface area contributed by atoms with Crippen LogP contribution in [0.5, 0.6) is 5.75 Å². The molecule has 0 spiro atoms. The van der Waals surface area contributed by atoms with Crippen LogP contribution in [0.1, 0.15) is 61.8 Å². The maximum atomic E-state index is 14.7. The number of rotatable bonds is 9. The van der Waals surface area contributed by atoms with Gasteiger partial charge in [-0.3, -0.25) is 4.79 Å². The summed E-state index contributed by atoms with van der Waals surface area (Å²) in [4.78, 5) is 31.4. The van der Waals surface area contributed by atoms with Gasteiger partial charge in [-0.15, -0.1) is 0 Å². The number of ether oxygens (including phenoxy) is 2. The van der Waals surface area contributed by atoms with Crippen molar-refractivity contribution in [3.8, 4) is 5.75 Å². The second-order valence-corrected chi connectivity index (χ2v) is 15.7. The van der Waals surface area contributed by atoms with Crippen LogP contribution < -0.4 is 15.4 Å². The number of hydrogen-bond acceptors (Lipinski definition) is 9. The average molecular weight is 731 g/mol. The molecule has 0 aliphatic carbocycles. The summed E-state index contributed by atoms with van der Waals surface area (Å²) in [6.45, 7) is 10.5. The zero-order valence-electron chi connectivity index (χ0n) is 30.7. The summed E-state index contributed by atoms with van der Waals surface area (Å²) in [5, 5.41) is 9.44. The predicted octanol–water partition coefficient (Wildman–Crippen LogP) is 5.76. The van der Waals surface area contributed by atoms with Crippen molar-refractivity contribution in [2.45, 2.75) is 77.0 Å². The number of nitrogens with one attached hydrogen (secondary N) is 2. The van der Waals surface area contributed by atoms with Gasteiger partial charge in [0.05, 0.1) is 22.7 Å². The van der Waals surface area contributed by atoms with Gasteiger partial charge in [-0.1, -0.05) is 12.1 Å². The standard InChI is InChI=1S/C36H51FN6O7S/c1-23-20-43(24(2)21-41(6)7)35(44)31-19-29(38-36(45)39-34-26(4)40-50-27(34)5)14-17-32(31)49-25(3)11-9-10-18-48-33(23)22-42(8)51(46,47)30-15-12-28(37)13-16-30/h12-17,19,23-25,33H,9-11,18,20-22H2,1-8H3,(H2,38,39,45)/t23-,24+,25-,33+/m1/s1. The number of carbonyl (C=O) groups excluding carboxylic acids is 2. The topological polar surface area (TPSA) is 147 Å². The fourth-order valence-electron chi connectivity index (χ4n) is 6.07. The maximum Gasteiger partial charge on any atom is 0.323 e. The Labute approximate surface area is 300 Å². The molecule has 1 aliphatic rings. The lowest BCUT2D eigenvalue weighted by Gasteiger charge is -2.37. The van der Waals surface area contributed by atoms with Gasteiger partial charge < -0.3 is 34.4 Å². The summed E-state index contributed by atoms with van der Waals surface area (Å²) < 4.78 is 59.6. The maximum absolute atomic E-state index is 14.7. The molecule has 2 heterocycles. The summed E-state index contributed by atoms with van der Waals surface area (Å²) in [5.74, 6) is -0.283. The Bertz CT molecular complexity index is 1730. The fraction of sp³-hybridized carbons (Fsp3) is 0.528. The van der Waals surface area contributed by atoms with E-state index >= 15 is 0 Å². The van der Waals surface area contributed by atoms with Gasteiger partial charge in [0.2, 0.25) is 10.0 Å². The predicted molar refractivity (Wildman–Crippen MR) is 193 cm³/mol. The number of carbonyl (C=O) groups is 2. The zero-order valence-corrected chi connectivity index (χ0v) is 31.5. The van der Waals surface area contributed by atoms with Crippen LogP contribution in [0.4, 0.5) is 20.6 Å². The third kappa shape index (κ3) is 10.5. The van der Waals surface area contributed by atoms with E-state index in [1.807, 2.05) is 39.8 Å². The van der Waals surface area contributed by atoms with E-state index in [4.69, 9.17) is 14.0 Å². The number of hydrogen-bond donors (Lipinski definition) is 2. The van der Waals surface area contributed by atoms with E-state index in [-0.39, 0.29) is 47.5 Å². The molecule has 0 bridgehead atoms. The molecule has 1 aliphatic heterocycles. The van der Waals surface area contributed by atoms with Crippen LogP contribution in [-0.2, 0) is 14.8 Å². The zero-order chi connectivity index (χ0) is 37.5. The quantitative estimate of drug-likeness (QED) is 0.281. The normalized spacial score (nSPS) is 20.0. The molecule has 280 valence electrons. The highest BCUT2D eigenvalue weighted by Gasteiger charge is 2.33. The molecular weight excluding hydrogens is 679 g/mol. The van der Waals surface area contributed by atoms with E-state index in [0.29, 0.717) is 48.2 Å². The van der Waals surface area contributed by atoms with E-state index in [9.17, 15) is 22.4 Å². The smallest absolute Gasteiger partial charge is 0.323 e. The molecular formula is C36H51FN6O7S. The molecule has 3 aromatic rings. The molecule has 13 nitrogen and oxygen atoms in total. The van der Waals surface area contributed by atoms with E-state index in [1.165, 1.54) is 23.5 Å². The first-order valence-electron chi connectivity index (χ1n) is 17.2. The summed E-state index contributed by atoms with van der Waals surface area (Å²) in [6, 6.07) is 8.91. The minimum Gasteiger partial charge on any atom is -0.490 e. The van der Waals surface area contributed by atoms with Crippen LogP contribution in [0.25, 0.3) is 0 Å². The van der Waals surface area contributed by atoms with Gasteiger partial charge in [-0.2, -0.15) is 4.31 Å². The summed E-state index contributed by atoms with van der Waals surface area (Å²) in [6.07, 6.45) is 1.40. The molecule has 0 saturated carbocycles. The first-order valence-corrected chi connectivity index (χ1v) is 18.6. The number of aryl methyl sites for hydroxylation is 2. The van der Waals surface area contributed by atoms with Crippen LogP contribution in [-0.4, -0.2) is 105 Å². The van der Waals surface area contributed by atoms with Crippen molar-refractivity contribution in [2.75, 3.05) is 58.0 Å². The molecule has 2 aromatic carbocycles. The SMILES string of the molecule is Cc1noc(C)c1NC(=O)Nc1ccc2c(c1)C(=O)N([C@@H](C)CN(C)C)C[C@@H](C)[C@H](CN(C)S(=O)(=O)c1ccc(F)cc1)OCCCC[C@@H](C)O2. The Morgan fingerprint density at radius 2 is 1.78 bits per heavy atom. The molecule has 2 N–H and O–H groups in total. The Balaban J connectivity index is 1.67. The molecule has 0 fully saturated rings. The highest BCUT2D eigenvalue weighted by Crippen LogP contribution is 2.29. The lowest BCUT2D eigenvalue weighted by molar-refractivity contribution is -0.00686. The number of fused-ring (bicyclic) bond motifs is 1. The molecule has 51 heavy (non-hydrogen) atoms. The highest BCUT2D eigenvalue weighted by atomic mass is 32.2. The Kier molecular flexibility index (Phi) is 13.6. The van der Waals surface area contributed by atoms with Crippen molar-refractivity contribution in [3.63, 3.8) is 0 Å². The van der Waals surface area contributed by atoms with E-state index in [0.717, 1.165) is 25.0 Å². The number of nitrogens with zero attached hydrogens (tertiary/aromatic N) is 4. The molecule has 15 heteroatoms. The van der Waals surface area contributed by atoms with Crippen LogP contribution >= 0.6 is 0 Å². The number of benzene rings is 2. The van der Waals surface area contributed by atoms with Crippen LogP contribution in [0.15, 0.2) is 51.9 Å². The lowest BCUT2D eigenvalue weighted by Crippen LogP contribution is -2.49. The monoisotopic (exact) mass is 730 g/mol. The van der Waals surface area contributed by atoms with Crippen LogP contribution in [0.3, 0.4) is 0 Å². The average Bonchev–Trinajstić information content (AvgIpc) is 3.38. The number of sulfonamides is 1. The van der Waals surface area contributed by atoms with Gasteiger partial charge in [0.1, 0.15) is 22.9 Å². The number of halogens is 1. The number of anilines is 2. The van der Waals surface area contributed by atoms with E-state index < -0.39 is 28.0 Å². The summed E-state index contributed by atoms with van der Waals surface area (Å²) in [7, 11) is 1.38. The van der Waals surface area contributed by atoms with Gasteiger partial charge in [0, 0.05) is 50.9 Å². The lowest BCUT2D eigenvalue weighted by atomic mass is 10.0. The van der Waals surface area contributed by atoms with Crippen molar-refractivity contribution in [1.29, 1.82) is 0 Å². The van der Waals surface area contributed by atoms with Gasteiger partial charge in [0.25, 0.3) is 5.91 Å². The molecule has 1 aromatic heterocycles. The number of urea groups is 1. The molecule has 4 rings (SSSR count). The largest absolute Gasteiger partial charge is 0.490 e. The summed E-state index contributed by atoms with van der Waals surface area (Å²) >= 11 is 0. The molecule has 0 radical (unpaired) electrons. The van der Waals surface area contributed by atoms with E-state index in [2.05, 4.69) is 15.8 Å². The Hall–Kier alpha value is -4.05. The second kappa shape index (κ2) is 17.4. The molecule has 4 atom stereocenters. The van der Waals surface area contributed by atoms with Crippen molar-refractivity contribution in [2.24, 2.45) is 5.92 Å². The van der Waals surface area contributed by atoms with Gasteiger partial charge in [0.15, 0.2) is 5.76 Å². The molecule has 0 saturated heterocycles. The van der Waals surface area contributed by atoms with Gasteiger partial charge in [-0.25, -0.2) is 17.6 Å². The minimum atomic E-state index is -3.95. The summed E-state index contributed by atoms with van der Waals surface area (Å²) in [5.41, 5.74) is 1.65. The Morgan fingerprint density at radius 1 is 1.08 bits per heavy atom. The first-order chi connectivity index (χ1) is 24.1.